The normalized spacial score (nSPS) is 18.7. The van der Waals surface area contributed by atoms with Crippen LogP contribution in [0.2, 0.25) is 0 Å². The van der Waals surface area contributed by atoms with Crippen molar-refractivity contribution >= 4 is 51.2 Å². The van der Waals surface area contributed by atoms with E-state index in [-0.39, 0.29) is 42.0 Å². The van der Waals surface area contributed by atoms with Crippen LogP contribution in [-0.2, 0) is 34.0 Å². The first-order valence-electron chi connectivity index (χ1n) is 21.8. The predicted octanol–water partition coefficient (Wildman–Crippen LogP) is 5.38. The lowest BCUT2D eigenvalue weighted by Gasteiger charge is -2.37. The molecule has 1 atom stereocenters. The Labute approximate surface area is 375 Å². The van der Waals surface area contributed by atoms with E-state index in [0.717, 1.165) is 96.2 Å². The summed E-state index contributed by atoms with van der Waals surface area (Å²) in [5, 5.41) is 5.29. The minimum atomic E-state index is -1.01. The van der Waals surface area contributed by atoms with Crippen molar-refractivity contribution in [3.63, 3.8) is 0 Å². The van der Waals surface area contributed by atoms with E-state index in [0.29, 0.717) is 41.4 Å². The molecule has 4 aliphatic heterocycles. The number of amides is 5. The van der Waals surface area contributed by atoms with E-state index >= 15 is 0 Å². The fourth-order valence-corrected chi connectivity index (χ4v) is 10.1. The molecule has 5 heterocycles. The Balaban J connectivity index is 0.935. The Kier molecular flexibility index (Phi) is 13.1. The average molecular weight is 921 g/mol. The summed E-state index contributed by atoms with van der Waals surface area (Å²) in [5.74, 6) is -2.30. The Bertz CT molecular complexity index is 2530. The molecule has 0 spiro atoms. The first-order valence-corrected chi connectivity index (χ1v) is 22.6. The number of hydrogen-bond acceptors (Lipinski definition) is 10. The van der Waals surface area contributed by atoms with E-state index in [4.69, 9.17) is 4.74 Å². The monoisotopic (exact) mass is 919 g/mol. The van der Waals surface area contributed by atoms with Gasteiger partial charge in [-0.15, -0.1) is 0 Å². The molecule has 5 amide bonds. The zero-order valence-electron chi connectivity index (χ0n) is 36.3. The molecule has 4 aromatic rings. The summed E-state index contributed by atoms with van der Waals surface area (Å²) in [5.41, 5.74) is 9.02. The first-order chi connectivity index (χ1) is 30.3. The van der Waals surface area contributed by atoms with Gasteiger partial charge < -0.3 is 19.9 Å². The van der Waals surface area contributed by atoms with Crippen LogP contribution >= 0.6 is 15.9 Å². The van der Waals surface area contributed by atoms with E-state index in [2.05, 4.69) is 83.5 Å². The van der Waals surface area contributed by atoms with Gasteiger partial charge >= 0.3 is 0 Å². The van der Waals surface area contributed by atoms with Crippen molar-refractivity contribution in [3.8, 4) is 11.1 Å². The highest BCUT2D eigenvalue weighted by Crippen LogP contribution is 2.36. The molecule has 0 bridgehead atoms. The molecule has 3 saturated heterocycles. The molecule has 3 N–H and O–H groups in total. The highest BCUT2D eigenvalue weighted by atomic mass is 79.9. The molecule has 0 saturated carbocycles. The number of aromatic nitrogens is 1. The Morgan fingerprint density at radius 1 is 0.857 bits per heavy atom. The van der Waals surface area contributed by atoms with Crippen molar-refractivity contribution in [2.75, 3.05) is 50.8 Å². The standard InChI is InChI=1S/C48H54BrN7O7/c1-5-55(35-14-20-63-21-15-35)40-24-34(23-37(30(40)4)44(58)50-25-38-28(2)22-29(3)51-45(38)59)32-8-6-31(7-9-32)26-53-16-18-54(19-17-53)27-33-10-11-36-42(43(33)49)48(62)56(47(36)61)39-12-13-41(57)52-46(39)60/h6-11,22-24,35,39H,5,12-21,25-27H2,1-4H3,(H,50,58)(H,51,59)(H,52,57,60). The highest BCUT2D eigenvalue weighted by molar-refractivity contribution is 9.10. The summed E-state index contributed by atoms with van der Waals surface area (Å²) >= 11 is 3.62. The summed E-state index contributed by atoms with van der Waals surface area (Å²) in [7, 11) is 0. The van der Waals surface area contributed by atoms with Crippen LogP contribution in [0, 0.1) is 20.8 Å². The quantitative estimate of drug-likeness (QED) is 0.157. The van der Waals surface area contributed by atoms with Gasteiger partial charge in [0.2, 0.25) is 11.8 Å². The molecule has 1 aromatic heterocycles. The largest absolute Gasteiger partial charge is 0.381 e. The molecular formula is C48H54BrN7O7. The second kappa shape index (κ2) is 18.7. The number of aryl methyl sites for hydroxylation is 2. The van der Waals surface area contributed by atoms with Gasteiger partial charge in [0.1, 0.15) is 6.04 Å². The molecule has 330 valence electrons. The maximum absolute atomic E-state index is 14.0. The lowest BCUT2D eigenvalue weighted by Crippen LogP contribution is -2.54. The predicted molar refractivity (Wildman–Crippen MR) is 243 cm³/mol. The smallest absolute Gasteiger partial charge is 0.263 e. The van der Waals surface area contributed by atoms with Crippen LogP contribution in [-0.4, -0.2) is 107 Å². The number of piperidine rings is 1. The van der Waals surface area contributed by atoms with Crippen molar-refractivity contribution in [3.05, 3.63) is 120 Å². The number of carbonyl (C=O) groups excluding carboxylic acids is 5. The summed E-state index contributed by atoms with van der Waals surface area (Å²) in [4.78, 5) is 88.8. The number of carbonyl (C=O) groups is 5. The number of benzene rings is 3. The number of hydrogen-bond donors (Lipinski definition) is 3. The molecule has 63 heavy (non-hydrogen) atoms. The van der Waals surface area contributed by atoms with Crippen LogP contribution in [0.5, 0.6) is 0 Å². The zero-order chi connectivity index (χ0) is 44.5. The van der Waals surface area contributed by atoms with E-state index in [1.165, 1.54) is 5.56 Å². The van der Waals surface area contributed by atoms with Gasteiger partial charge in [-0.3, -0.25) is 48.8 Å². The van der Waals surface area contributed by atoms with Gasteiger partial charge in [0, 0.05) is 105 Å². The highest BCUT2D eigenvalue weighted by Gasteiger charge is 2.46. The molecule has 3 aromatic carbocycles. The van der Waals surface area contributed by atoms with E-state index in [1.54, 1.807) is 6.07 Å². The number of aromatic amines is 1. The van der Waals surface area contributed by atoms with Gasteiger partial charge in [0.05, 0.1) is 11.1 Å². The minimum absolute atomic E-state index is 0.0706. The first kappa shape index (κ1) is 44.1. The molecule has 15 heteroatoms. The molecular weight excluding hydrogens is 866 g/mol. The van der Waals surface area contributed by atoms with E-state index < -0.39 is 29.7 Å². The number of imide groups is 2. The molecule has 0 aliphatic carbocycles. The third-order valence-electron chi connectivity index (χ3n) is 13.0. The number of rotatable bonds is 12. The maximum atomic E-state index is 14.0. The van der Waals surface area contributed by atoms with Crippen LogP contribution in [0.3, 0.4) is 0 Å². The van der Waals surface area contributed by atoms with Gasteiger partial charge in [-0.05, 0) is 121 Å². The third-order valence-corrected chi connectivity index (χ3v) is 13.9. The molecule has 14 nitrogen and oxygen atoms in total. The van der Waals surface area contributed by atoms with Crippen LogP contribution < -0.4 is 21.1 Å². The van der Waals surface area contributed by atoms with E-state index in [9.17, 15) is 28.8 Å². The van der Waals surface area contributed by atoms with Gasteiger partial charge in [0.15, 0.2) is 0 Å². The minimum Gasteiger partial charge on any atom is -0.381 e. The van der Waals surface area contributed by atoms with Crippen LogP contribution in [0.15, 0.2) is 63.9 Å². The molecule has 1 unspecified atom stereocenters. The second-order valence-corrected chi connectivity index (χ2v) is 17.9. The second-order valence-electron chi connectivity index (χ2n) is 17.1. The van der Waals surface area contributed by atoms with Crippen LogP contribution in [0.25, 0.3) is 11.1 Å². The number of fused-ring (bicyclic) bond motifs is 1. The number of H-pyrrole nitrogens is 1. The fraction of sp³-hybridized carbons (Fsp3) is 0.417. The molecule has 8 rings (SSSR count). The summed E-state index contributed by atoms with van der Waals surface area (Å²) in [6.45, 7) is 14.9. The maximum Gasteiger partial charge on any atom is 0.263 e. The molecule has 0 radical (unpaired) electrons. The van der Waals surface area contributed by atoms with Crippen molar-refractivity contribution in [2.24, 2.45) is 0 Å². The Hall–Kier alpha value is -5.48. The SMILES string of the molecule is CCN(c1cc(-c2ccc(CN3CCN(Cc4ccc5c(c4Br)C(=O)N(C4CCC(=O)NC4=O)C5=O)CC3)cc2)cc(C(=O)NCc2c(C)cc(C)[nH]c2=O)c1C)C1CCOCC1. The molecule has 3 fully saturated rings. The average Bonchev–Trinajstić information content (AvgIpc) is 3.52. The van der Waals surface area contributed by atoms with Gasteiger partial charge in [-0.1, -0.05) is 30.3 Å². The lowest BCUT2D eigenvalue weighted by atomic mass is 9.94. The van der Waals surface area contributed by atoms with E-state index in [1.807, 2.05) is 39.0 Å². The number of anilines is 1. The van der Waals surface area contributed by atoms with Crippen molar-refractivity contribution in [2.45, 2.75) is 85.1 Å². The summed E-state index contributed by atoms with van der Waals surface area (Å²) in [6.07, 6.45) is 2.01. The fourth-order valence-electron chi connectivity index (χ4n) is 9.48. The van der Waals surface area contributed by atoms with Gasteiger partial charge in [-0.2, -0.15) is 0 Å². The topological polar surface area (TPSA) is 164 Å². The number of nitrogens with zero attached hydrogens (tertiary/aromatic N) is 4. The number of pyridine rings is 1. The Morgan fingerprint density at radius 2 is 1.56 bits per heavy atom. The van der Waals surface area contributed by atoms with Crippen LogP contribution in [0.4, 0.5) is 5.69 Å². The summed E-state index contributed by atoms with van der Waals surface area (Å²) in [6, 6.07) is 17.5. The lowest BCUT2D eigenvalue weighted by molar-refractivity contribution is -0.136. The van der Waals surface area contributed by atoms with Crippen LogP contribution in [0.1, 0.15) is 97.2 Å². The molecule has 4 aliphatic rings. The van der Waals surface area contributed by atoms with Crippen molar-refractivity contribution < 1.29 is 28.7 Å². The van der Waals surface area contributed by atoms with Crippen molar-refractivity contribution in [1.29, 1.82) is 0 Å². The number of ether oxygens (including phenoxy) is 1. The zero-order valence-corrected chi connectivity index (χ0v) is 37.9. The number of halogens is 1. The van der Waals surface area contributed by atoms with Gasteiger partial charge in [-0.25, -0.2) is 0 Å². The number of nitrogens with one attached hydrogen (secondary N) is 3. The third kappa shape index (κ3) is 9.15. The summed E-state index contributed by atoms with van der Waals surface area (Å²) < 4.78 is 6.25. The van der Waals surface area contributed by atoms with Gasteiger partial charge in [0.25, 0.3) is 23.3 Å². The Morgan fingerprint density at radius 3 is 2.22 bits per heavy atom. The number of piperazine rings is 1. The van der Waals surface area contributed by atoms with Crippen molar-refractivity contribution in [1.82, 2.24) is 30.3 Å².